The molecule has 24 heavy (non-hydrogen) atoms. The summed E-state index contributed by atoms with van der Waals surface area (Å²) < 4.78 is 5.43. The molecule has 0 saturated carbocycles. The highest BCUT2D eigenvalue weighted by Gasteiger charge is 2.31. The van der Waals surface area contributed by atoms with Crippen molar-refractivity contribution in [2.45, 2.75) is 18.9 Å². The molecule has 0 bridgehead atoms. The molecule has 0 aliphatic carbocycles. The Labute approximate surface area is 150 Å². The zero-order valence-corrected chi connectivity index (χ0v) is 14.6. The van der Waals surface area contributed by atoms with Gasteiger partial charge in [-0.15, -0.1) is 0 Å². The van der Waals surface area contributed by atoms with Crippen LogP contribution in [0, 0.1) is 0 Å². The maximum absolute atomic E-state index is 12.3. The van der Waals surface area contributed by atoms with Gasteiger partial charge in [-0.2, -0.15) is 0 Å². The van der Waals surface area contributed by atoms with Gasteiger partial charge in [0.25, 0.3) is 5.91 Å². The second-order valence-corrected chi connectivity index (χ2v) is 6.71. The molecule has 2 aliphatic heterocycles. The summed E-state index contributed by atoms with van der Waals surface area (Å²) in [5.41, 5.74) is 0.479. The van der Waals surface area contributed by atoms with Gasteiger partial charge in [-0.1, -0.05) is 23.2 Å². The fourth-order valence-corrected chi connectivity index (χ4v) is 3.23. The number of anilines is 1. The first-order chi connectivity index (χ1) is 11.5. The summed E-state index contributed by atoms with van der Waals surface area (Å²) in [5, 5.41) is 3.69. The first-order valence-electron chi connectivity index (χ1n) is 7.96. The molecule has 1 N–H and O–H groups in total. The molecule has 1 atom stereocenters. The molecule has 0 spiro atoms. The van der Waals surface area contributed by atoms with Gasteiger partial charge < -0.3 is 19.9 Å². The molecule has 0 aromatic heterocycles. The van der Waals surface area contributed by atoms with Crippen molar-refractivity contribution in [1.82, 2.24) is 9.80 Å². The second-order valence-electron chi connectivity index (χ2n) is 5.87. The third kappa shape index (κ3) is 3.94. The van der Waals surface area contributed by atoms with Crippen molar-refractivity contribution in [2.75, 3.05) is 38.1 Å². The minimum Gasteiger partial charge on any atom is -0.368 e. The van der Waals surface area contributed by atoms with Crippen LogP contribution in [0.2, 0.25) is 10.0 Å². The number of piperazine rings is 1. The Hall–Kier alpha value is -1.50. The Morgan fingerprint density at radius 1 is 1.12 bits per heavy atom. The summed E-state index contributed by atoms with van der Waals surface area (Å²) in [6.45, 7) is 2.62. The van der Waals surface area contributed by atoms with Crippen LogP contribution in [-0.2, 0) is 9.53 Å². The van der Waals surface area contributed by atoms with Crippen LogP contribution in [0.1, 0.15) is 12.8 Å². The number of urea groups is 1. The van der Waals surface area contributed by atoms with E-state index in [1.54, 1.807) is 28.0 Å². The maximum Gasteiger partial charge on any atom is 0.322 e. The second kappa shape index (κ2) is 7.59. The molecular formula is C16H19Cl2N3O3. The topological polar surface area (TPSA) is 61.9 Å². The lowest BCUT2D eigenvalue weighted by Gasteiger charge is -2.35. The van der Waals surface area contributed by atoms with Crippen LogP contribution in [0.5, 0.6) is 0 Å². The Kier molecular flexibility index (Phi) is 5.48. The van der Waals surface area contributed by atoms with Crippen LogP contribution in [0.25, 0.3) is 0 Å². The lowest BCUT2D eigenvalue weighted by molar-refractivity contribution is -0.142. The standard InChI is InChI=1S/C16H19Cl2N3O3/c17-11-3-4-12(18)13(10-11)19-16(23)21-7-5-20(6-8-21)15(22)14-2-1-9-24-14/h3-4,10,14H,1-2,5-9H2,(H,19,23)/t14-/m1/s1. The van der Waals surface area contributed by atoms with Crippen molar-refractivity contribution in [1.29, 1.82) is 0 Å². The molecule has 3 rings (SSSR count). The van der Waals surface area contributed by atoms with E-state index in [4.69, 9.17) is 27.9 Å². The van der Waals surface area contributed by atoms with E-state index < -0.39 is 0 Å². The predicted octanol–water partition coefficient (Wildman–Crippen LogP) is 2.85. The number of amides is 3. The minimum atomic E-state index is -0.310. The SMILES string of the molecule is O=C(Nc1cc(Cl)ccc1Cl)N1CCN(C(=O)[C@H]2CCCO2)CC1. The lowest BCUT2D eigenvalue weighted by Crippen LogP contribution is -2.53. The van der Waals surface area contributed by atoms with Gasteiger partial charge in [0, 0.05) is 37.8 Å². The van der Waals surface area contributed by atoms with E-state index in [2.05, 4.69) is 5.32 Å². The number of nitrogens with zero attached hydrogens (tertiary/aromatic N) is 2. The number of halogens is 2. The van der Waals surface area contributed by atoms with Gasteiger partial charge in [0.1, 0.15) is 6.10 Å². The number of rotatable bonds is 2. The van der Waals surface area contributed by atoms with Gasteiger partial charge >= 0.3 is 6.03 Å². The van der Waals surface area contributed by atoms with Gasteiger partial charge in [-0.25, -0.2) is 4.79 Å². The summed E-state index contributed by atoms with van der Waals surface area (Å²) in [6, 6.07) is 4.66. The highest BCUT2D eigenvalue weighted by Crippen LogP contribution is 2.26. The molecule has 8 heteroatoms. The van der Waals surface area contributed by atoms with E-state index in [0.717, 1.165) is 12.8 Å². The molecular weight excluding hydrogens is 353 g/mol. The van der Waals surface area contributed by atoms with Crippen LogP contribution in [0.15, 0.2) is 18.2 Å². The summed E-state index contributed by atoms with van der Waals surface area (Å²) >= 11 is 12.0. The van der Waals surface area contributed by atoms with Gasteiger partial charge in [0.05, 0.1) is 10.7 Å². The molecule has 2 fully saturated rings. The number of carbonyl (C=O) groups is 2. The van der Waals surface area contributed by atoms with Crippen LogP contribution in [-0.4, -0.2) is 60.6 Å². The number of hydrogen-bond donors (Lipinski definition) is 1. The van der Waals surface area contributed by atoms with Crippen LogP contribution in [0.4, 0.5) is 10.5 Å². The third-order valence-electron chi connectivity index (χ3n) is 4.25. The highest BCUT2D eigenvalue weighted by molar-refractivity contribution is 6.35. The molecule has 0 unspecified atom stereocenters. The predicted molar refractivity (Wildman–Crippen MR) is 92.6 cm³/mol. The molecule has 2 heterocycles. The fraction of sp³-hybridized carbons (Fsp3) is 0.500. The van der Waals surface area contributed by atoms with Crippen molar-refractivity contribution < 1.29 is 14.3 Å². The van der Waals surface area contributed by atoms with Crippen LogP contribution >= 0.6 is 23.2 Å². The van der Waals surface area contributed by atoms with Crippen LogP contribution in [0.3, 0.4) is 0 Å². The maximum atomic E-state index is 12.3. The Morgan fingerprint density at radius 3 is 2.50 bits per heavy atom. The van der Waals surface area contributed by atoms with E-state index in [9.17, 15) is 9.59 Å². The quantitative estimate of drug-likeness (QED) is 0.869. The molecule has 130 valence electrons. The summed E-state index contributed by atoms with van der Waals surface area (Å²) in [7, 11) is 0. The fourth-order valence-electron chi connectivity index (χ4n) is 2.89. The van der Waals surface area contributed by atoms with Gasteiger partial charge in [0.15, 0.2) is 0 Å². The van der Waals surface area contributed by atoms with Gasteiger partial charge in [-0.05, 0) is 31.0 Å². The van der Waals surface area contributed by atoms with Crippen LogP contribution < -0.4 is 5.32 Å². The number of benzene rings is 1. The van der Waals surface area contributed by atoms with Crippen molar-refractivity contribution in [3.63, 3.8) is 0 Å². The summed E-state index contributed by atoms with van der Waals surface area (Å²) in [5.74, 6) is 0.0328. The number of ether oxygens (including phenoxy) is 1. The van der Waals surface area contributed by atoms with Crippen molar-refractivity contribution in [3.05, 3.63) is 28.2 Å². The normalized spacial score (nSPS) is 21.0. The molecule has 1 aromatic carbocycles. The van der Waals surface area contributed by atoms with E-state index in [1.165, 1.54) is 0 Å². The number of nitrogens with one attached hydrogen (secondary N) is 1. The summed E-state index contributed by atoms with van der Waals surface area (Å²) in [6.07, 6.45) is 1.40. The zero-order chi connectivity index (χ0) is 17.1. The number of hydrogen-bond acceptors (Lipinski definition) is 3. The number of carbonyl (C=O) groups excluding carboxylic acids is 2. The van der Waals surface area contributed by atoms with E-state index in [1.807, 2.05) is 0 Å². The molecule has 3 amide bonds. The minimum absolute atomic E-state index is 0.0328. The smallest absolute Gasteiger partial charge is 0.322 e. The van der Waals surface area contributed by atoms with E-state index in [-0.39, 0.29) is 18.0 Å². The molecule has 0 radical (unpaired) electrons. The Bertz CT molecular complexity index is 627. The largest absolute Gasteiger partial charge is 0.368 e. The molecule has 2 saturated heterocycles. The van der Waals surface area contributed by atoms with Gasteiger partial charge in [0.2, 0.25) is 0 Å². The van der Waals surface area contributed by atoms with Crippen molar-refractivity contribution in [2.24, 2.45) is 0 Å². The zero-order valence-electron chi connectivity index (χ0n) is 13.1. The molecule has 6 nitrogen and oxygen atoms in total. The highest BCUT2D eigenvalue weighted by atomic mass is 35.5. The Balaban J connectivity index is 1.53. The van der Waals surface area contributed by atoms with E-state index >= 15 is 0 Å². The molecule has 2 aliphatic rings. The average Bonchev–Trinajstić information content (AvgIpc) is 3.12. The first-order valence-corrected chi connectivity index (χ1v) is 8.71. The van der Waals surface area contributed by atoms with Crippen molar-refractivity contribution in [3.8, 4) is 0 Å². The third-order valence-corrected chi connectivity index (χ3v) is 4.82. The molecule has 1 aromatic rings. The lowest BCUT2D eigenvalue weighted by atomic mass is 10.2. The monoisotopic (exact) mass is 371 g/mol. The Morgan fingerprint density at radius 2 is 1.83 bits per heavy atom. The average molecular weight is 372 g/mol. The first kappa shape index (κ1) is 17.3. The van der Waals surface area contributed by atoms with Gasteiger partial charge in [-0.3, -0.25) is 4.79 Å². The van der Waals surface area contributed by atoms with Crippen molar-refractivity contribution >= 4 is 40.8 Å². The summed E-state index contributed by atoms with van der Waals surface area (Å²) in [4.78, 5) is 28.1. The van der Waals surface area contributed by atoms with E-state index in [0.29, 0.717) is 48.5 Å².